The second-order valence-electron chi connectivity index (χ2n) is 6.55. The van der Waals surface area contributed by atoms with Crippen LogP contribution in [0.1, 0.15) is 17.4 Å². The number of benzene rings is 1. The highest BCUT2D eigenvalue weighted by atomic mass is 32.1. The van der Waals surface area contributed by atoms with E-state index in [2.05, 4.69) is 40.7 Å². The molecule has 1 aliphatic heterocycles. The Bertz CT molecular complexity index is 657. The summed E-state index contributed by atoms with van der Waals surface area (Å²) in [5.74, 6) is 1.56. The van der Waals surface area contributed by atoms with E-state index < -0.39 is 0 Å². The first-order chi connectivity index (χ1) is 12.7. The molecule has 1 aromatic carbocycles. The van der Waals surface area contributed by atoms with Crippen LogP contribution in [0.5, 0.6) is 11.5 Å². The van der Waals surface area contributed by atoms with E-state index in [4.69, 9.17) is 14.2 Å². The summed E-state index contributed by atoms with van der Waals surface area (Å²) in [5.41, 5.74) is 1.19. The Balaban J connectivity index is 1.49. The van der Waals surface area contributed by atoms with Crippen LogP contribution in [0.3, 0.4) is 0 Å². The number of methoxy groups -OCH3 is 1. The molecule has 26 heavy (non-hydrogen) atoms. The van der Waals surface area contributed by atoms with Gasteiger partial charge in [0, 0.05) is 37.1 Å². The lowest BCUT2D eigenvalue weighted by Crippen LogP contribution is -2.44. The third-order valence-electron chi connectivity index (χ3n) is 4.47. The Kier molecular flexibility index (Phi) is 7.32. The van der Waals surface area contributed by atoms with Crippen molar-refractivity contribution >= 4 is 11.3 Å². The van der Waals surface area contributed by atoms with E-state index in [1.165, 1.54) is 10.4 Å². The Morgan fingerprint density at radius 3 is 2.81 bits per heavy atom. The topological polar surface area (TPSA) is 43.0 Å². The SMILES string of the molecule is COc1cc(CNC(C)CN2CCOCC2)ccc1OCc1cccs1. The van der Waals surface area contributed by atoms with Gasteiger partial charge in [-0.3, -0.25) is 4.90 Å². The molecule has 1 fully saturated rings. The summed E-state index contributed by atoms with van der Waals surface area (Å²) < 4.78 is 16.8. The first-order valence-corrected chi connectivity index (χ1v) is 9.98. The number of thiophene rings is 1. The zero-order valence-corrected chi connectivity index (χ0v) is 16.4. The van der Waals surface area contributed by atoms with E-state index in [1.54, 1.807) is 18.4 Å². The van der Waals surface area contributed by atoms with E-state index in [9.17, 15) is 0 Å². The van der Waals surface area contributed by atoms with Crippen LogP contribution in [-0.4, -0.2) is 50.9 Å². The van der Waals surface area contributed by atoms with Gasteiger partial charge < -0.3 is 19.5 Å². The number of rotatable bonds is 9. The van der Waals surface area contributed by atoms with Crippen LogP contribution >= 0.6 is 11.3 Å². The lowest BCUT2D eigenvalue weighted by molar-refractivity contribution is 0.0343. The van der Waals surface area contributed by atoms with E-state index in [-0.39, 0.29) is 0 Å². The first-order valence-electron chi connectivity index (χ1n) is 9.10. The normalized spacial score (nSPS) is 16.4. The molecule has 0 spiro atoms. The molecule has 1 N–H and O–H groups in total. The summed E-state index contributed by atoms with van der Waals surface area (Å²) in [7, 11) is 1.69. The number of ether oxygens (including phenoxy) is 3. The molecule has 6 heteroatoms. The second-order valence-corrected chi connectivity index (χ2v) is 7.58. The van der Waals surface area contributed by atoms with Crippen LogP contribution in [0.25, 0.3) is 0 Å². The maximum Gasteiger partial charge on any atom is 0.161 e. The smallest absolute Gasteiger partial charge is 0.161 e. The van der Waals surface area contributed by atoms with Gasteiger partial charge in [-0.05, 0) is 36.1 Å². The van der Waals surface area contributed by atoms with Gasteiger partial charge >= 0.3 is 0 Å². The highest BCUT2D eigenvalue weighted by Gasteiger charge is 2.14. The molecule has 0 aliphatic carbocycles. The largest absolute Gasteiger partial charge is 0.493 e. The van der Waals surface area contributed by atoms with E-state index in [0.717, 1.165) is 50.9 Å². The van der Waals surface area contributed by atoms with Crippen molar-refractivity contribution in [3.63, 3.8) is 0 Å². The lowest BCUT2D eigenvalue weighted by Gasteiger charge is -2.29. The fourth-order valence-electron chi connectivity index (χ4n) is 3.01. The van der Waals surface area contributed by atoms with E-state index in [1.807, 2.05) is 12.1 Å². The maximum absolute atomic E-state index is 5.90. The summed E-state index contributed by atoms with van der Waals surface area (Å²) in [6, 6.07) is 10.7. The molecule has 1 atom stereocenters. The van der Waals surface area contributed by atoms with E-state index in [0.29, 0.717) is 12.6 Å². The van der Waals surface area contributed by atoms with Crippen LogP contribution in [0.4, 0.5) is 0 Å². The quantitative estimate of drug-likeness (QED) is 0.728. The molecule has 1 unspecified atom stereocenters. The number of hydrogen-bond donors (Lipinski definition) is 1. The number of hydrogen-bond acceptors (Lipinski definition) is 6. The monoisotopic (exact) mass is 376 g/mol. The molecule has 2 heterocycles. The Morgan fingerprint density at radius 2 is 2.08 bits per heavy atom. The summed E-state index contributed by atoms with van der Waals surface area (Å²) in [6.07, 6.45) is 0. The summed E-state index contributed by atoms with van der Waals surface area (Å²) in [6.45, 7) is 8.39. The molecule has 5 nitrogen and oxygen atoms in total. The minimum absolute atomic E-state index is 0.425. The fourth-order valence-corrected chi connectivity index (χ4v) is 3.63. The first kappa shape index (κ1) is 19.2. The van der Waals surface area contributed by atoms with Crippen LogP contribution in [-0.2, 0) is 17.9 Å². The summed E-state index contributed by atoms with van der Waals surface area (Å²) >= 11 is 1.70. The minimum Gasteiger partial charge on any atom is -0.493 e. The Morgan fingerprint density at radius 1 is 1.23 bits per heavy atom. The van der Waals surface area contributed by atoms with Crippen molar-refractivity contribution < 1.29 is 14.2 Å². The predicted octanol–water partition coefficient (Wildman–Crippen LogP) is 3.15. The van der Waals surface area contributed by atoms with Gasteiger partial charge in [0.25, 0.3) is 0 Å². The average Bonchev–Trinajstić information content (AvgIpc) is 3.19. The van der Waals surface area contributed by atoms with Gasteiger partial charge in [0.1, 0.15) is 6.61 Å². The third kappa shape index (κ3) is 5.71. The van der Waals surface area contributed by atoms with Gasteiger partial charge in [-0.1, -0.05) is 12.1 Å². The summed E-state index contributed by atoms with van der Waals surface area (Å²) in [4.78, 5) is 3.65. The molecule has 0 amide bonds. The molecule has 0 bridgehead atoms. The number of morpholine rings is 1. The van der Waals surface area contributed by atoms with Gasteiger partial charge in [-0.2, -0.15) is 0 Å². The molecule has 0 saturated carbocycles. The molecular formula is C20H28N2O3S. The third-order valence-corrected chi connectivity index (χ3v) is 5.32. The van der Waals surface area contributed by atoms with Gasteiger partial charge in [-0.15, -0.1) is 11.3 Å². The molecule has 1 saturated heterocycles. The minimum atomic E-state index is 0.425. The molecular weight excluding hydrogens is 348 g/mol. The van der Waals surface area contributed by atoms with Gasteiger partial charge in [0.2, 0.25) is 0 Å². The molecule has 1 aliphatic rings. The second kappa shape index (κ2) is 9.92. The van der Waals surface area contributed by atoms with Crippen molar-refractivity contribution in [3.05, 3.63) is 46.2 Å². The highest BCUT2D eigenvalue weighted by molar-refractivity contribution is 7.09. The van der Waals surface area contributed by atoms with Crippen LogP contribution in [0, 0.1) is 0 Å². The van der Waals surface area contributed by atoms with Crippen molar-refractivity contribution in [2.75, 3.05) is 40.0 Å². The average molecular weight is 377 g/mol. The molecule has 2 aromatic rings. The van der Waals surface area contributed by atoms with Crippen LogP contribution < -0.4 is 14.8 Å². The number of nitrogens with zero attached hydrogens (tertiary/aromatic N) is 1. The lowest BCUT2D eigenvalue weighted by atomic mass is 10.2. The number of nitrogens with one attached hydrogen (secondary N) is 1. The van der Waals surface area contributed by atoms with E-state index >= 15 is 0 Å². The standard InChI is InChI=1S/C20H28N2O3S/c1-16(14-22-7-9-24-10-8-22)21-13-17-5-6-19(20(12-17)23-2)25-15-18-4-3-11-26-18/h3-6,11-12,16,21H,7-10,13-15H2,1-2H3. The molecule has 1 aromatic heterocycles. The summed E-state index contributed by atoms with van der Waals surface area (Å²) in [5, 5.41) is 5.65. The predicted molar refractivity (Wildman–Crippen MR) is 105 cm³/mol. The molecule has 142 valence electrons. The Hall–Kier alpha value is -1.60. The van der Waals surface area contributed by atoms with Gasteiger partial charge in [0.15, 0.2) is 11.5 Å². The van der Waals surface area contributed by atoms with Crippen molar-refractivity contribution in [2.24, 2.45) is 0 Å². The Labute approximate surface area is 159 Å². The van der Waals surface area contributed by atoms with Crippen molar-refractivity contribution in [1.82, 2.24) is 10.2 Å². The molecule has 3 rings (SSSR count). The maximum atomic E-state index is 5.90. The van der Waals surface area contributed by atoms with Gasteiger partial charge in [-0.25, -0.2) is 0 Å². The zero-order valence-electron chi connectivity index (χ0n) is 15.6. The molecule has 0 radical (unpaired) electrons. The van der Waals surface area contributed by atoms with Gasteiger partial charge in [0.05, 0.1) is 20.3 Å². The van der Waals surface area contributed by atoms with Crippen LogP contribution in [0.15, 0.2) is 35.7 Å². The van der Waals surface area contributed by atoms with Crippen molar-refractivity contribution in [1.29, 1.82) is 0 Å². The van der Waals surface area contributed by atoms with Crippen molar-refractivity contribution in [3.8, 4) is 11.5 Å². The zero-order chi connectivity index (χ0) is 18.2. The fraction of sp³-hybridized carbons (Fsp3) is 0.500. The van der Waals surface area contributed by atoms with Crippen LogP contribution in [0.2, 0.25) is 0 Å². The van der Waals surface area contributed by atoms with Crippen molar-refractivity contribution in [2.45, 2.75) is 26.1 Å². The highest BCUT2D eigenvalue weighted by Crippen LogP contribution is 2.29.